The fourth-order valence-electron chi connectivity index (χ4n) is 3.40. The lowest BCUT2D eigenvalue weighted by molar-refractivity contribution is -0.181. The Labute approximate surface area is 143 Å². The summed E-state index contributed by atoms with van der Waals surface area (Å²) in [6.45, 7) is 2.30. The molecule has 1 saturated carbocycles. The van der Waals surface area contributed by atoms with Crippen LogP contribution in [0.5, 0.6) is 0 Å². The minimum absolute atomic E-state index is 0.0598. The van der Waals surface area contributed by atoms with Gasteiger partial charge in [0.25, 0.3) is 0 Å². The van der Waals surface area contributed by atoms with E-state index >= 15 is 0 Å². The van der Waals surface area contributed by atoms with Gasteiger partial charge in [0.05, 0.1) is 12.7 Å². The maximum atomic E-state index is 12.3. The van der Waals surface area contributed by atoms with Crippen molar-refractivity contribution in [2.75, 3.05) is 19.7 Å². The number of carbonyl (C=O) groups is 1. The molecule has 1 amide bonds. The number of hydrogen-bond acceptors (Lipinski definition) is 5. The topological polar surface area (TPSA) is 74.7 Å². The zero-order valence-electron chi connectivity index (χ0n) is 14.1. The van der Waals surface area contributed by atoms with E-state index in [1.165, 1.54) is 0 Å². The number of amides is 1. The first-order valence-electron chi connectivity index (χ1n) is 8.95. The molecule has 0 radical (unpaired) electrons. The van der Waals surface area contributed by atoms with E-state index in [9.17, 15) is 9.90 Å². The highest BCUT2D eigenvalue weighted by atomic mass is 16.7. The predicted octanol–water partition coefficient (Wildman–Crippen LogP) is 1.30. The molecule has 1 saturated heterocycles. The molecule has 1 aliphatic heterocycles. The number of hydroxylamine groups is 2. The Bertz CT molecular complexity index is 514. The molecule has 132 valence electrons. The van der Waals surface area contributed by atoms with Gasteiger partial charge in [-0.05, 0) is 55.7 Å². The third kappa shape index (κ3) is 5.00. The summed E-state index contributed by atoms with van der Waals surface area (Å²) in [6.07, 6.45) is 8.33. The summed E-state index contributed by atoms with van der Waals surface area (Å²) in [5.41, 5.74) is 1.16. The zero-order chi connectivity index (χ0) is 16.8. The van der Waals surface area contributed by atoms with Gasteiger partial charge in [0.1, 0.15) is 0 Å². The first-order chi connectivity index (χ1) is 11.7. The fourth-order valence-corrected chi connectivity index (χ4v) is 3.40. The van der Waals surface area contributed by atoms with E-state index in [0.717, 1.165) is 50.8 Å². The molecule has 1 aliphatic carbocycles. The summed E-state index contributed by atoms with van der Waals surface area (Å²) < 4.78 is 0. The Kier molecular flexibility index (Phi) is 6.18. The summed E-state index contributed by atoms with van der Waals surface area (Å²) in [4.78, 5) is 21.9. The number of aliphatic hydroxyl groups excluding tert-OH is 1. The number of carbonyl (C=O) groups excluding carboxylic acids is 1. The third-order valence-electron chi connectivity index (χ3n) is 4.93. The van der Waals surface area contributed by atoms with Crippen LogP contribution in [-0.2, 0) is 16.1 Å². The van der Waals surface area contributed by atoms with E-state index in [2.05, 4.69) is 10.3 Å². The highest BCUT2D eigenvalue weighted by Crippen LogP contribution is 2.31. The van der Waals surface area contributed by atoms with Crippen LogP contribution in [0.4, 0.5) is 0 Å². The molecule has 6 heteroatoms. The minimum atomic E-state index is -0.214. The minimum Gasteiger partial charge on any atom is -0.393 e. The van der Waals surface area contributed by atoms with E-state index < -0.39 is 0 Å². The van der Waals surface area contributed by atoms with E-state index in [4.69, 9.17) is 4.84 Å². The van der Waals surface area contributed by atoms with Gasteiger partial charge < -0.3 is 10.4 Å². The Morgan fingerprint density at radius 2 is 2.17 bits per heavy atom. The molecule has 2 heterocycles. The Morgan fingerprint density at radius 3 is 2.83 bits per heavy atom. The van der Waals surface area contributed by atoms with E-state index in [1.807, 2.05) is 17.2 Å². The Hall–Kier alpha value is -1.50. The lowest BCUT2D eigenvalue weighted by atomic mass is 9.75. The van der Waals surface area contributed by atoms with Gasteiger partial charge in [-0.25, -0.2) is 0 Å². The Balaban J connectivity index is 1.49. The van der Waals surface area contributed by atoms with Gasteiger partial charge >= 0.3 is 0 Å². The van der Waals surface area contributed by atoms with Gasteiger partial charge in [0.15, 0.2) is 0 Å². The van der Waals surface area contributed by atoms with E-state index in [0.29, 0.717) is 18.9 Å². The van der Waals surface area contributed by atoms with Crippen LogP contribution in [0, 0.1) is 5.92 Å². The van der Waals surface area contributed by atoms with Crippen LogP contribution in [0.2, 0.25) is 0 Å². The summed E-state index contributed by atoms with van der Waals surface area (Å²) in [6, 6.07) is 4.04. The fraction of sp³-hybridized carbons (Fsp3) is 0.667. The lowest BCUT2D eigenvalue weighted by Crippen LogP contribution is -2.48. The normalized spacial score (nSPS) is 25.7. The van der Waals surface area contributed by atoms with Gasteiger partial charge in [-0.2, -0.15) is 5.06 Å². The van der Waals surface area contributed by atoms with Crippen molar-refractivity contribution in [3.63, 3.8) is 0 Å². The highest BCUT2D eigenvalue weighted by molar-refractivity contribution is 5.76. The van der Waals surface area contributed by atoms with Gasteiger partial charge in [-0.15, -0.1) is 0 Å². The average molecular weight is 333 g/mol. The van der Waals surface area contributed by atoms with Crippen molar-refractivity contribution in [2.24, 2.45) is 5.92 Å². The van der Waals surface area contributed by atoms with Crippen LogP contribution < -0.4 is 5.32 Å². The van der Waals surface area contributed by atoms with Gasteiger partial charge in [0.2, 0.25) is 5.91 Å². The molecule has 2 fully saturated rings. The number of aromatic nitrogens is 1. The predicted molar refractivity (Wildman–Crippen MR) is 90.0 cm³/mol. The molecular formula is C18H27N3O3. The molecule has 0 bridgehead atoms. The van der Waals surface area contributed by atoms with Crippen molar-refractivity contribution in [3.8, 4) is 0 Å². The second kappa shape index (κ2) is 8.55. The van der Waals surface area contributed by atoms with E-state index in [-0.39, 0.29) is 18.1 Å². The second-order valence-electron chi connectivity index (χ2n) is 6.84. The number of hydrogen-bond donors (Lipinski definition) is 2. The van der Waals surface area contributed by atoms with Gasteiger partial charge in [0, 0.05) is 37.9 Å². The number of rotatable bonds is 7. The number of pyridine rings is 1. The Morgan fingerprint density at radius 1 is 1.38 bits per heavy atom. The molecule has 0 unspecified atom stereocenters. The number of aliphatic hydroxyl groups is 1. The number of nitrogens with zero attached hydrogens (tertiary/aromatic N) is 2. The zero-order valence-corrected chi connectivity index (χ0v) is 14.1. The number of nitrogens with one attached hydrogen (secondary N) is 1. The maximum absolute atomic E-state index is 12.3. The molecule has 24 heavy (non-hydrogen) atoms. The molecule has 2 N–H and O–H groups in total. The highest BCUT2D eigenvalue weighted by Gasteiger charge is 2.34. The van der Waals surface area contributed by atoms with Crippen LogP contribution in [0.25, 0.3) is 0 Å². The van der Waals surface area contributed by atoms with Crippen LogP contribution in [0.3, 0.4) is 0 Å². The van der Waals surface area contributed by atoms with Crippen molar-refractivity contribution in [3.05, 3.63) is 30.1 Å². The first kappa shape index (κ1) is 17.3. The quantitative estimate of drug-likeness (QED) is 0.787. The second-order valence-corrected chi connectivity index (χ2v) is 6.84. The van der Waals surface area contributed by atoms with Crippen molar-refractivity contribution < 1.29 is 14.7 Å². The standard InChI is InChI=1S/C18H27N3O3/c22-16-12-15(13-16)17(11-14-3-6-19-7-4-14)20-18(23)5-9-21-8-1-2-10-24-21/h3-4,6-7,15-17,22H,1-2,5,8-13H2,(H,20,23)/t15?,16?,17-/m0/s1. The monoisotopic (exact) mass is 333 g/mol. The molecule has 1 atom stereocenters. The van der Waals surface area contributed by atoms with Gasteiger partial charge in [-0.1, -0.05) is 0 Å². The third-order valence-corrected chi connectivity index (χ3v) is 4.93. The molecule has 0 spiro atoms. The van der Waals surface area contributed by atoms with Crippen molar-refractivity contribution in [1.29, 1.82) is 0 Å². The molecule has 6 nitrogen and oxygen atoms in total. The van der Waals surface area contributed by atoms with E-state index in [1.54, 1.807) is 12.4 Å². The summed E-state index contributed by atoms with van der Waals surface area (Å²) in [5, 5.41) is 14.7. The summed E-state index contributed by atoms with van der Waals surface area (Å²) in [5.74, 6) is 0.410. The SMILES string of the molecule is O=C(CCN1CCCCO1)N[C@@H](Cc1ccncc1)C1CC(O)C1. The van der Waals surface area contributed by atoms with Gasteiger partial charge in [-0.3, -0.25) is 14.6 Å². The van der Waals surface area contributed by atoms with Crippen LogP contribution in [-0.4, -0.2) is 52.9 Å². The smallest absolute Gasteiger partial charge is 0.221 e. The molecular weight excluding hydrogens is 306 g/mol. The van der Waals surface area contributed by atoms with Crippen molar-refractivity contribution in [1.82, 2.24) is 15.4 Å². The lowest BCUT2D eigenvalue weighted by Gasteiger charge is -2.38. The summed E-state index contributed by atoms with van der Waals surface area (Å²) in [7, 11) is 0. The van der Waals surface area contributed by atoms with Crippen molar-refractivity contribution >= 4 is 5.91 Å². The van der Waals surface area contributed by atoms with Crippen LogP contribution >= 0.6 is 0 Å². The first-order valence-corrected chi connectivity index (χ1v) is 8.95. The molecule has 3 rings (SSSR count). The molecule has 1 aromatic heterocycles. The maximum Gasteiger partial charge on any atom is 0.221 e. The molecule has 2 aliphatic rings. The van der Waals surface area contributed by atoms with Crippen LogP contribution in [0.1, 0.15) is 37.7 Å². The van der Waals surface area contributed by atoms with Crippen molar-refractivity contribution in [2.45, 2.75) is 50.7 Å². The molecule has 1 aromatic rings. The average Bonchev–Trinajstić information content (AvgIpc) is 2.58. The summed E-state index contributed by atoms with van der Waals surface area (Å²) >= 11 is 0. The molecule has 0 aromatic carbocycles. The largest absolute Gasteiger partial charge is 0.393 e. The van der Waals surface area contributed by atoms with Crippen LogP contribution in [0.15, 0.2) is 24.5 Å².